The fourth-order valence-corrected chi connectivity index (χ4v) is 2.15. The summed E-state index contributed by atoms with van der Waals surface area (Å²) in [6, 6.07) is 11.2. The second kappa shape index (κ2) is 5.87. The monoisotopic (exact) mass is 343 g/mol. The lowest BCUT2D eigenvalue weighted by atomic mass is 10.1. The topological polar surface area (TPSA) is 12.0 Å². The summed E-state index contributed by atoms with van der Waals surface area (Å²) >= 11 is 3.33. The van der Waals surface area contributed by atoms with Crippen LogP contribution in [0.2, 0.25) is 0 Å². The first-order chi connectivity index (χ1) is 9.38. The molecule has 0 radical (unpaired) electrons. The number of anilines is 1. The Labute approximate surface area is 123 Å². The summed E-state index contributed by atoms with van der Waals surface area (Å²) in [6.45, 7) is 1.83. The van der Waals surface area contributed by atoms with Crippen molar-refractivity contribution in [1.29, 1.82) is 0 Å². The van der Waals surface area contributed by atoms with E-state index in [9.17, 15) is 13.2 Å². The van der Waals surface area contributed by atoms with E-state index in [-0.39, 0.29) is 5.56 Å². The standard InChI is InChI=1S/C15H13BrF3N/c1-10-9-12(7-8-13(10)16)20-14(15(17,18)19)11-5-3-2-4-6-11/h2-9,14,20H,1H3. The van der Waals surface area contributed by atoms with Crippen molar-refractivity contribution >= 4 is 21.6 Å². The highest BCUT2D eigenvalue weighted by Crippen LogP contribution is 2.36. The van der Waals surface area contributed by atoms with Crippen LogP contribution in [-0.2, 0) is 0 Å². The van der Waals surface area contributed by atoms with Crippen LogP contribution in [-0.4, -0.2) is 6.18 Å². The first-order valence-electron chi connectivity index (χ1n) is 6.02. The van der Waals surface area contributed by atoms with Gasteiger partial charge in [-0.1, -0.05) is 46.3 Å². The molecule has 1 N–H and O–H groups in total. The molecule has 1 atom stereocenters. The van der Waals surface area contributed by atoms with Crippen molar-refractivity contribution in [3.05, 3.63) is 64.1 Å². The van der Waals surface area contributed by atoms with E-state index in [2.05, 4.69) is 21.2 Å². The van der Waals surface area contributed by atoms with E-state index in [0.29, 0.717) is 5.69 Å². The lowest BCUT2D eigenvalue weighted by Gasteiger charge is -2.23. The molecule has 0 amide bonds. The number of nitrogens with one attached hydrogen (secondary N) is 1. The Balaban J connectivity index is 2.31. The summed E-state index contributed by atoms with van der Waals surface area (Å²) in [4.78, 5) is 0. The third kappa shape index (κ3) is 3.54. The van der Waals surface area contributed by atoms with Crippen molar-refractivity contribution in [2.45, 2.75) is 19.1 Å². The molecular formula is C15H13BrF3N. The van der Waals surface area contributed by atoms with Gasteiger partial charge < -0.3 is 5.32 Å². The molecule has 0 saturated carbocycles. The summed E-state index contributed by atoms with van der Waals surface area (Å²) in [5, 5.41) is 2.56. The Hall–Kier alpha value is -1.49. The van der Waals surface area contributed by atoms with Gasteiger partial charge in [-0.2, -0.15) is 13.2 Å². The maximum Gasteiger partial charge on any atom is 0.412 e. The van der Waals surface area contributed by atoms with Crippen LogP contribution in [0.4, 0.5) is 18.9 Å². The highest BCUT2D eigenvalue weighted by molar-refractivity contribution is 9.10. The summed E-state index contributed by atoms with van der Waals surface area (Å²) in [5.41, 5.74) is 1.52. The maximum atomic E-state index is 13.2. The van der Waals surface area contributed by atoms with Crippen molar-refractivity contribution in [3.63, 3.8) is 0 Å². The molecule has 106 valence electrons. The lowest BCUT2D eigenvalue weighted by molar-refractivity contribution is -0.144. The number of rotatable bonds is 3. The number of hydrogen-bond donors (Lipinski definition) is 1. The van der Waals surface area contributed by atoms with E-state index in [1.807, 2.05) is 6.92 Å². The van der Waals surface area contributed by atoms with Crippen molar-refractivity contribution in [3.8, 4) is 0 Å². The van der Waals surface area contributed by atoms with Gasteiger partial charge in [0.1, 0.15) is 6.04 Å². The molecule has 0 spiro atoms. The van der Waals surface area contributed by atoms with Gasteiger partial charge in [-0.3, -0.25) is 0 Å². The third-order valence-electron chi connectivity index (χ3n) is 2.93. The number of hydrogen-bond acceptors (Lipinski definition) is 1. The normalized spacial score (nSPS) is 13.1. The molecular weight excluding hydrogens is 331 g/mol. The van der Waals surface area contributed by atoms with Crippen molar-refractivity contribution < 1.29 is 13.2 Å². The van der Waals surface area contributed by atoms with Crippen LogP contribution in [0.25, 0.3) is 0 Å². The Morgan fingerprint density at radius 3 is 2.25 bits per heavy atom. The zero-order chi connectivity index (χ0) is 14.8. The van der Waals surface area contributed by atoms with E-state index in [0.717, 1.165) is 10.0 Å². The minimum atomic E-state index is -4.36. The van der Waals surface area contributed by atoms with Crippen molar-refractivity contribution in [1.82, 2.24) is 0 Å². The van der Waals surface area contributed by atoms with E-state index >= 15 is 0 Å². The van der Waals surface area contributed by atoms with Gasteiger partial charge in [-0.25, -0.2) is 0 Å². The molecule has 0 aromatic heterocycles. The molecule has 5 heteroatoms. The Kier molecular flexibility index (Phi) is 4.38. The van der Waals surface area contributed by atoms with Gasteiger partial charge in [-0.05, 0) is 36.2 Å². The molecule has 0 bridgehead atoms. The molecule has 0 aliphatic carbocycles. The number of benzene rings is 2. The first kappa shape index (κ1) is 14.9. The molecule has 0 fully saturated rings. The molecule has 0 heterocycles. The molecule has 1 unspecified atom stereocenters. The summed E-state index contributed by atoms with van der Waals surface area (Å²) < 4.78 is 40.5. The molecule has 2 aromatic carbocycles. The van der Waals surface area contributed by atoms with Gasteiger partial charge in [-0.15, -0.1) is 0 Å². The summed E-state index contributed by atoms with van der Waals surface area (Å²) in [7, 11) is 0. The third-order valence-corrected chi connectivity index (χ3v) is 3.82. The van der Waals surface area contributed by atoms with Crippen molar-refractivity contribution in [2.75, 3.05) is 5.32 Å². The average molecular weight is 344 g/mol. The lowest BCUT2D eigenvalue weighted by Crippen LogP contribution is -2.27. The molecule has 0 aliphatic rings. The molecule has 2 aromatic rings. The number of alkyl halides is 3. The second-order valence-corrected chi connectivity index (χ2v) is 5.35. The highest BCUT2D eigenvalue weighted by atomic mass is 79.9. The quantitative estimate of drug-likeness (QED) is 0.778. The zero-order valence-corrected chi connectivity index (χ0v) is 12.3. The highest BCUT2D eigenvalue weighted by Gasteiger charge is 2.40. The largest absolute Gasteiger partial charge is 0.412 e. The van der Waals surface area contributed by atoms with Gasteiger partial charge in [0.05, 0.1) is 0 Å². The smallest absolute Gasteiger partial charge is 0.370 e. The van der Waals surface area contributed by atoms with Crippen LogP contribution >= 0.6 is 15.9 Å². The van der Waals surface area contributed by atoms with Crippen LogP contribution in [0.1, 0.15) is 17.2 Å². The second-order valence-electron chi connectivity index (χ2n) is 4.49. The predicted octanol–water partition coefficient (Wildman–Crippen LogP) is 5.47. The van der Waals surface area contributed by atoms with Crippen LogP contribution in [0.3, 0.4) is 0 Å². The van der Waals surface area contributed by atoms with E-state index < -0.39 is 12.2 Å². The van der Waals surface area contributed by atoms with Crippen molar-refractivity contribution in [2.24, 2.45) is 0 Å². The summed E-state index contributed by atoms with van der Waals surface area (Å²) in [5.74, 6) is 0. The van der Waals surface area contributed by atoms with Gasteiger partial charge >= 0.3 is 6.18 Å². The SMILES string of the molecule is Cc1cc(NC(c2ccccc2)C(F)(F)F)ccc1Br. The molecule has 20 heavy (non-hydrogen) atoms. The number of aryl methyl sites for hydroxylation is 1. The number of halogens is 4. The minimum absolute atomic E-state index is 0.195. The fraction of sp³-hybridized carbons (Fsp3) is 0.200. The van der Waals surface area contributed by atoms with Gasteiger partial charge in [0.2, 0.25) is 0 Å². The Morgan fingerprint density at radius 1 is 1.05 bits per heavy atom. The van der Waals surface area contributed by atoms with Crippen LogP contribution in [0.15, 0.2) is 53.0 Å². The average Bonchev–Trinajstić information content (AvgIpc) is 2.39. The minimum Gasteiger partial charge on any atom is -0.370 e. The first-order valence-corrected chi connectivity index (χ1v) is 6.81. The fourth-order valence-electron chi connectivity index (χ4n) is 1.90. The molecule has 1 nitrogen and oxygen atoms in total. The Bertz CT molecular complexity index is 581. The maximum absolute atomic E-state index is 13.2. The van der Waals surface area contributed by atoms with Gasteiger partial charge in [0.15, 0.2) is 0 Å². The summed E-state index contributed by atoms with van der Waals surface area (Å²) in [6.07, 6.45) is -4.36. The van der Waals surface area contributed by atoms with Gasteiger partial charge in [0.25, 0.3) is 0 Å². The van der Waals surface area contributed by atoms with E-state index in [1.54, 1.807) is 36.4 Å². The molecule has 0 aliphatic heterocycles. The van der Waals surface area contributed by atoms with Gasteiger partial charge in [0, 0.05) is 10.2 Å². The van der Waals surface area contributed by atoms with Crippen LogP contribution < -0.4 is 5.32 Å². The predicted molar refractivity (Wildman–Crippen MR) is 77.7 cm³/mol. The van der Waals surface area contributed by atoms with E-state index in [1.165, 1.54) is 12.1 Å². The van der Waals surface area contributed by atoms with E-state index in [4.69, 9.17) is 0 Å². The Morgan fingerprint density at radius 2 is 1.70 bits per heavy atom. The zero-order valence-electron chi connectivity index (χ0n) is 10.7. The molecule has 0 saturated heterocycles. The molecule has 2 rings (SSSR count). The van der Waals surface area contributed by atoms with Crippen LogP contribution in [0, 0.1) is 6.92 Å². The van der Waals surface area contributed by atoms with Crippen LogP contribution in [0.5, 0.6) is 0 Å².